The quantitative estimate of drug-likeness (QED) is 0.747. The van der Waals surface area contributed by atoms with E-state index in [4.69, 9.17) is 0 Å². The van der Waals surface area contributed by atoms with E-state index < -0.39 is 0 Å². The third kappa shape index (κ3) is 4.43. The zero-order valence-corrected chi connectivity index (χ0v) is 13.5. The van der Waals surface area contributed by atoms with Gasteiger partial charge in [-0.15, -0.1) is 0 Å². The fraction of sp³-hybridized carbons (Fsp3) is 1.00. The average Bonchev–Trinajstić information content (AvgIpc) is 2.55. The van der Waals surface area contributed by atoms with Gasteiger partial charge in [0, 0.05) is 12.1 Å². The number of hydrogen-bond donors (Lipinski definition) is 3. The molecule has 3 N–H and O–H groups in total. The van der Waals surface area contributed by atoms with Crippen LogP contribution in [0.4, 0.5) is 0 Å². The van der Waals surface area contributed by atoms with Crippen LogP contribution in [0.25, 0.3) is 0 Å². The maximum atomic E-state index is 9.63. The van der Waals surface area contributed by atoms with Crippen molar-refractivity contribution in [2.45, 2.75) is 88.8 Å². The highest BCUT2D eigenvalue weighted by molar-refractivity contribution is 4.91. The molecule has 3 aliphatic rings. The maximum absolute atomic E-state index is 9.63. The monoisotopic (exact) mass is 294 g/mol. The normalized spacial score (nSPS) is 41.9. The predicted molar refractivity (Wildman–Crippen MR) is 87.4 cm³/mol. The molecule has 3 rings (SSSR count). The summed E-state index contributed by atoms with van der Waals surface area (Å²) in [5.74, 6) is 1.66. The van der Waals surface area contributed by atoms with Gasteiger partial charge < -0.3 is 15.7 Å². The van der Waals surface area contributed by atoms with E-state index >= 15 is 0 Å². The van der Waals surface area contributed by atoms with E-state index in [2.05, 4.69) is 10.6 Å². The van der Waals surface area contributed by atoms with Gasteiger partial charge >= 0.3 is 0 Å². The van der Waals surface area contributed by atoms with E-state index in [0.29, 0.717) is 0 Å². The van der Waals surface area contributed by atoms with E-state index in [1.165, 1.54) is 70.9 Å². The minimum Gasteiger partial charge on any atom is -0.393 e. The molecule has 3 heteroatoms. The number of rotatable bonds is 4. The Hall–Kier alpha value is -0.120. The lowest BCUT2D eigenvalue weighted by molar-refractivity contribution is 0.104. The van der Waals surface area contributed by atoms with Crippen molar-refractivity contribution in [1.29, 1.82) is 0 Å². The van der Waals surface area contributed by atoms with Crippen molar-refractivity contribution >= 4 is 0 Å². The van der Waals surface area contributed by atoms with Gasteiger partial charge in [0.25, 0.3) is 0 Å². The third-order valence-corrected chi connectivity index (χ3v) is 6.17. The molecule has 21 heavy (non-hydrogen) atoms. The summed E-state index contributed by atoms with van der Waals surface area (Å²) in [6.07, 6.45) is 14.2. The lowest BCUT2D eigenvalue weighted by atomic mass is 9.77. The lowest BCUT2D eigenvalue weighted by Crippen LogP contribution is -2.51. The van der Waals surface area contributed by atoms with Gasteiger partial charge in [-0.2, -0.15) is 0 Å². The third-order valence-electron chi connectivity index (χ3n) is 6.17. The van der Waals surface area contributed by atoms with Crippen molar-refractivity contribution < 1.29 is 5.11 Å². The van der Waals surface area contributed by atoms with Crippen molar-refractivity contribution in [2.24, 2.45) is 11.8 Å². The molecular weight excluding hydrogens is 260 g/mol. The Morgan fingerprint density at radius 1 is 0.857 bits per heavy atom. The average molecular weight is 294 g/mol. The molecule has 1 heterocycles. The first-order valence-electron chi connectivity index (χ1n) is 9.48. The Labute approximate surface area is 130 Å². The van der Waals surface area contributed by atoms with Crippen LogP contribution in [0.2, 0.25) is 0 Å². The van der Waals surface area contributed by atoms with E-state index in [0.717, 1.165) is 36.8 Å². The highest BCUT2D eigenvalue weighted by Gasteiger charge is 2.32. The molecule has 0 spiro atoms. The van der Waals surface area contributed by atoms with Crippen LogP contribution in [-0.4, -0.2) is 36.4 Å². The fourth-order valence-corrected chi connectivity index (χ4v) is 4.81. The van der Waals surface area contributed by atoms with Crippen LogP contribution in [0.5, 0.6) is 0 Å². The van der Waals surface area contributed by atoms with Gasteiger partial charge in [0.15, 0.2) is 0 Å². The maximum Gasteiger partial charge on any atom is 0.0540 e. The van der Waals surface area contributed by atoms with E-state index in [-0.39, 0.29) is 6.10 Å². The summed E-state index contributed by atoms with van der Waals surface area (Å²) >= 11 is 0. The summed E-state index contributed by atoms with van der Waals surface area (Å²) in [4.78, 5) is 0. The number of piperidine rings is 1. The summed E-state index contributed by atoms with van der Waals surface area (Å²) in [7, 11) is 0. The Kier molecular flexibility index (Phi) is 5.96. The van der Waals surface area contributed by atoms with Crippen LogP contribution < -0.4 is 10.6 Å². The first-order chi connectivity index (χ1) is 10.3. The topological polar surface area (TPSA) is 44.3 Å². The Morgan fingerprint density at radius 3 is 2.38 bits per heavy atom. The van der Waals surface area contributed by atoms with Crippen LogP contribution in [0.15, 0.2) is 0 Å². The first kappa shape index (κ1) is 15.8. The van der Waals surface area contributed by atoms with Crippen molar-refractivity contribution in [1.82, 2.24) is 10.6 Å². The first-order valence-corrected chi connectivity index (χ1v) is 9.48. The molecular formula is C18H34N2O. The lowest BCUT2D eigenvalue weighted by Gasteiger charge is -2.40. The Balaban J connectivity index is 1.47. The molecule has 0 aromatic heterocycles. The van der Waals surface area contributed by atoms with Crippen molar-refractivity contribution in [3.8, 4) is 0 Å². The molecule has 2 aliphatic carbocycles. The standard InChI is InChI=1S/C18H34N2O/c21-15-10-8-14(9-11-15)13-20-18-6-2-1-5-16(18)17-7-3-4-12-19-17/h14-21H,1-13H2. The van der Waals surface area contributed by atoms with Crippen LogP contribution in [0.3, 0.4) is 0 Å². The van der Waals surface area contributed by atoms with Gasteiger partial charge in [0.05, 0.1) is 6.10 Å². The van der Waals surface area contributed by atoms with Crippen LogP contribution in [-0.2, 0) is 0 Å². The molecule has 0 amide bonds. The van der Waals surface area contributed by atoms with E-state index in [1.807, 2.05) is 0 Å². The minimum absolute atomic E-state index is 0.0184. The Bertz CT molecular complexity index is 296. The van der Waals surface area contributed by atoms with Crippen LogP contribution in [0, 0.1) is 11.8 Å². The van der Waals surface area contributed by atoms with Gasteiger partial charge in [0.1, 0.15) is 0 Å². The largest absolute Gasteiger partial charge is 0.393 e. The molecule has 0 bridgehead atoms. The van der Waals surface area contributed by atoms with Gasteiger partial charge in [-0.3, -0.25) is 0 Å². The fourth-order valence-electron chi connectivity index (χ4n) is 4.81. The van der Waals surface area contributed by atoms with Gasteiger partial charge in [-0.1, -0.05) is 19.3 Å². The van der Waals surface area contributed by atoms with E-state index in [1.54, 1.807) is 0 Å². The van der Waals surface area contributed by atoms with Crippen molar-refractivity contribution in [2.75, 3.05) is 13.1 Å². The highest BCUT2D eigenvalue weighted by atomic mass is 16.3. The molecule has 1 aliphatic heterocycles. The summed E-state index contributed by atoms with van der Waals surface area (Å²) in [6.45, 7) is 2.41. The second-order valence-corrected chi connectivity index (χ2v) is 7.69. The van der Waals surface area contributed by atoms with Crippen molar-refractivity contribution in [3.63, 3.8) is 0 Å². The summed E-state index contributed by atoms with van der Waals surface area (Å²) < 4.78 is 0. The molecule has 122 valence electrons. The molecule has 0 radical (unpaired) electrons. The molecule has 2 saturated carbocycles. The molecule has 3 atom stereocenters. The van der Waals surface area contributed by atoms with Gasteiger partial charge in [-0.05, 0) is 76.3 Å². The highest BCUT2D eigenvalue weighted by Crippen LogP contribution is 2.31. The molecule has 3 nitrogen and oxygen atoms in total. The van der Waals surface area contributed by atoms with Crippen LogP contribution in [0.1, 0.15) is 70.6 Å². The SMILES string of the molecule is OC1CCC(CNC2CCCCC2C2CCCCN2)CC1. The number of aliphatic hydroxyl groups is 1. The molecule has 3 fully saturated rings. The molecule has 1 saturated heterocycles. The Morgan fingerprint density at radius 2 is 1.62 bits per heavy atom. The number of aliphatic hydroxyl groups excluding tert-OH is 1. The zero-order chi connectivity index (χ0) is 14.5. The smallest absolute Gasteiger partial charge is 0.0540 e. The van der Waals surface area contributed by atoms with Crippen molar-refractivity contribution in [3.05, 3.63) is 0 Å². The molecule has 3 unspecified atom stereocenters. The number of hydrogen-bond acceptors (Lipinski definition) is 3. The zero-order valence-electron chi connectivity index (χ0n) is 13.5. The summed E-state index contributed by atoms with van der Waals surface area (Å²) in [5, 5.41) is 17.3. The number of nitrogens with one attached hydrogen (secondary N) is 2. The second kappa shape index (κ2) is 7.94. The predicted octanol–water partition coefficient (Wildman–Crippen LogP) is 2.83. The minimum atomic E-state index is -0.0184. The van der Waals surface area contributed by atoms with Gasteiger partial charge in [0.2, 0.25) is 0 Å². The van der Waals surface area contributed by atoms with Gasteiger partial charge in [-0.25, -0.2) is 0 Å². The summed E-state index contributed by atoms with van der Waals surface area (Å²) in [5.41, 5.74) is 0. The second-order valence-electron chi connectivity index (χ2n) is 7.69. The molecule has 0 aromatic rings. The van der Waals surface area contributed by atoms with E-state index in [9.17, 15) is 5.11 Å². The molecule has 0 aromatic carbocycles. The summed E-state index contributed by atoms with van der Waals surface area (Å²) in [6, 6.07) is 1.51. The van der Waals surface area contributed by atoms with Crippen LogP contribution >= 0.6 is 0 Å².